The highest BCUT2D eigenvalue weighted by Gasteiger charge is 2.37. The van der Waals surface area contributed by atoms with E-state index in [1.165, 1.54) is 32.1 Å². The van der Waals surface area contributed by atoms with E-state index in [9.17, 15) is 9.90 Å². The summed E-state index contributed by atoms with van der Waals surface area (Å²) in [6, 6.07) is 0.308. The lowest BCUT2D eigenvalue weighted by molar-refractivity contribution is -0.147. The van der Waals surface area contributed by atoms with E-state index in [2.05, 4.69) is 18.7 Å². The Bertz CT molecular complexity index is 284. The molecular weight excluding hydrogens is 226 g/mol. The molecule has 1 heterocycles. The molecule has 0 bridgehead atoms. The summed E-state index contributed by atoms with van der Waals surface area (Å²) in [4.78, 5) is 13.8. The number of carboxylic acids is 1. The van der Waals surface area contributed by atoms with Gasteiger partial charge < -0.3 is 5.11 Å². The Kier molecular flexibility index (Phi) is 4.66. The first-order valence-electron chi connectivity index (χ1n) is 7.60. The third-order valence-corrected chi connectivity index (χ3v) is 5.07. The first-order valence-corrected chi connectivity index (χ1v) is 7.60. The van der Waals surface area contributed by atoms with Crippen molar-refractivity contribution in [1.82, 2.24) is 4.90 Å². The van der Waals surface area contributed by atoms with Gasteiger partial charge in [-0.15, -0.1) is 0 Å². The normalized spacial score (nSPS) is 38.6. The maximum atomic E-state index is 11.5. The van der Waals surface area contributed by atoms with E-state index in [1.54, 1.807) is 0 Å². The van der Waals surface area contributed by atoms with E-state index in [-0.39, 0.29) is 6.04 Å². The first-order chi connectivity index (χ1) is 8.61. The van der Waals surface area contributed by atoms with Crippen molar-refractivity contribution in [3.05, 3.63) is 0 Å². The molecule has 0 radical (unpaired) electrons. The Balaban J connectivity index is 1.99. The fourth-order valence-corrected chi connectivity index (χ4v) is 3.68. The molecule has 3 nitrogen and oxygen atoms in total. The molecule has 2 aliphatic rings. The quantitative estimate of drug-likeness (QED) is 0.840. The van der Waals surface area contributed by atoms with Crippen molar-refractivity contribution >= 4 is 5.97 Å². The molecule has 1 aliphatic carbocycles. The lowest BCUT2D eigenvalue weighted by Gasteiger charge is -2.44. The minimum Gasteiger partial charge on any atom is -0.480 e. The van der Waals surface area contributed by atoms with Gasteiger partial charge in [0.1, 0.15) is 6.04 Å². The summed E-state index contributed by atoms with van der Waals surface area (Å²) in [7, 11) is 0. The number of rotatable bonds is 3. The minimum absolute atomic E-state index is 0.220. The van der Waals surface area contributed by atoms with Crippen molar-refractivity contribution in [2.24, 2.45) is 11.8 Å². The van der Waals surface area contributed by atoms with Crippen LogP contribution in [0.15, 0.2) is 0 Å². The van der Waals surface area contributed by atoms with Gasteiger partial charge in [0, 0.05) is 6.04 Å². The van der Waals surface area contributed by atoms with Crippen molar-refractivity contribution in [3.63, 3.8) is 0 Å². The third kappa shape index (κ3) is 3.05. The van der Waals surface area contributed by atoms with Crippen LogP contribution in [-0.4, -0.2) is 34.6 Å². The zero-order valence-electron chi connectivity index (χ0n) is 11.8. The third-order valence-electron chi connectivity index (χ3n) is 5.07. The number of nitrogens with zero attached hydrogens (tertiary/aromatic N) is 1. The average molecular weight is 253 g/mol. The lowest BCUT2D eigenvalue weighted by Crippen LogP contribution is -2.52. The summed E-state index contributed by atoms with van der Waals surface area (Å²) >= 11 is 0. The molecule has 0 aromatic carbocycles. The van der Waals surface area contributed by atoms with Crippen molar-refractivity contribution in [2.75, 3.05) is 6.54 Å². The number of carboxylic acid groups (broad SMARTS) is 1. The molecule has 0 spiro atoms. The van der Waals surface area contributed by atoms with Gasteiger partial charge in [-0.05, 0) is 56.9 Å². The highest BCUT2D eigenvalue weighted by atomic mass is 16.4. The predicted octanol–water partition coefficient (Wildman–Crippen LogP) is 3.14. The van der Waals surface area contributed by atoms with Gasteiger partial charge in [-0.25, -0.2) is 0 Å². The van der Waals surface area contributed by atoms with Crippen LogP contribution in [0, 0.1) is 11.8 Å². The number of likely N-dealkylation sites (tertiary alicyclic amines) is 1. The van der Waals surface area contributed by atoms with Crippen LogP contribution in [0.4, 0.5) is 0 Å². The summed E-state index contributed by atoms with van der Waals surface area (Å²) in [6.45, 7) is 5.49. The highest BCUT2D eigenvalue weighted by molar-refractivity contribution is 5.73. The van der Waals surface area contributed by atoms with E-state index in [4.69, 9.17) is 0 Å². The highest BCUT2D eigenvalue weighted by Crippen LogP contribution is 2.33. The van der Waals surface area contributed by atoms with Crippen molar-refractivity contribution in [2.45, 2.75) is 70.9 Å². The minimum atomic E-state index is -0.605. The first kappa shape index (κ1) is 13.9. The summed E-state index contributed by atoms with van der Waals surface area (Å²) in [5.74, 6) is 0.842. The van der Waals surface area contributed by atoms with Crippen molar-refractivity contribution < 1.29 is 9.90 Å². The Morgan fingerprint density at radius 1 is 1.22 bits per heavy atom. The number of hydrogen-bond donors (Lipinski definition) is 1. The van der Waals surface area contributed by atoms with E-state index in [1.807, 2.05) is 0 Å². The molecule has 1 saturated carbocycles. The molecule has 0 amide bonds. The molecular formula is C15H27NO2. The molecule has 0 aromatic rings. The van der Waals surface area contributed by atoms with Crippen LogP contribution >= 0.6 is 0 Å². The second-order valence-corrected chi connectivity index (χ2v) is 6.30. The molecule has 1 saturated heterocycles. The standard InChI is InChI=1S/C15H27NO2/c1-3-12-8-9-16(14(10-12)15(17)18)13-6-4-11(2)5-7-13/h11-14H,3-10H2,1-2H3,(H,17,18). The SMILES string of the molecule is CCC1CCN(C2CCC(C)CC2)C(C(=O)O)C1. The second kappa shape index (κ2) is 6.05. The molecule has 104 valence electrons. The largest absolute Gasteiger partial charge is 0.480 e. The van der Waals surface area contributed by atoms with Gasteiger partial charge >= 0.3 is 5.97 Å². The van der Waals surface area contributed by atoms with Crippen LogP contribution in [0.25, 0.3) is 0 Å². The topological polar surface area (TPSA) is 40.5 Å². The van der Waals surface area contributed by atoms with Gasteiger partial charge in [-0.3, -0.25) is 9.69 Å². The maximum Gasteiger partial charge on any atom is 0.320 e. The maximum absolute atomic E-state index is 11.5. The zero-order valence-corrected chi connectivity index (χ0v) is 11.8. The van der Waals surface area contributed by atoms with Gasteiger partial charge in [-0.2, -0.15) is 0 Å². The molecule has 3 heteroatoms. The van der Waals surface area contributed by atoms with Crippen LogP contribution in [0.1, 0.15) is 58.8 Å². The Hall–Kier alpha value is -0.570. The van der Waals surface area contributed by atoms with E-state index in [0.29, 0.717) is 12.0 Å². The van der Waals surface area contributed by atoms with Crippen LogP contribution in [-0.2, 0) is 4.79 Å². The van der Waals surface area contributed by atoms with E-state index >= 15 is 0 Å². The number of aliphatic carboxylic acids is 1. The molecule has 0 aromatic heterocycles. The summed E-state index contributed by atoms with van der Waals surface area (Å²) in [5, 5.41) is 9.46. The predicted molar refractivity (Wildman–Crippen MR) is 72.6 cm³/mol. The van der Waals surface area contributed by atoms with Gasteiger partial charge in [0.05, 0.1) is 0 Å². The Morgan fingerprint density at radius 3 is 2.44 bits per heavy atom. The summed E-state index contributed by atoms with van der Waals surface area (Å²) in [6.07, 6.45) is 8.10. The molecule has 1 aliphatic heterocycles. The Labute approximate surface area is 111 Å². The summed E-state index contributed by atoms with van der Waals surface area (Å²) in [5.41, 5.74) is 0. The van der Waals surface area contributed by atoms with Crippen LogP contribution < -0.4 is 0 Å². The van der Waals surface area contributed by atoms with E-state index < -0.39 is 5.97 Å². The van der Waals surface area contributed by atoms with Crippen LogP contribution in [0.2, 0.25) is 0 Å². The molecule has 2 rings (SSSR count). The van der Waals surface area contributed by atoms with Gasteiger partial charge in [0.2, 0.25) is 0 Å². The van der Waals surface area contributed by atoms with Gasteiger partial charge in [-0.1, -0.05) is 20.3 Å². The van der Waals surface area contributed by atoms with E-state index in [0.717, 1.165) is 25.3 Å². The molecule has 2 unspecified atom stereocenters. The van der Waals surface area contributed by atoms with Gasteiger partial charge in [0.15, 0.2) is 0 Å². The molecule has 18 heavy (non-hydrogen) atoms. The number of carbonyl (C=O) groups is 1. The molecule has 2 atom stereocenters. The number of piperidine rings is 1. The van der Waals surface area contributed by atoms with Crippen molar-refractivity contribution in [3.8, 4) is 0 Å². The average Bonchev–Trinajstić information content (AvgIpc) is 2.39. The fourth-order valence-electron chi connectivity index (χ4n) is 3.68. The van der Waals surface area contributed by atoms with Crippen molar-refractivity contribution in [1.29, 1.82) is 0 Å². The fraction of sp³-hybridized carbons (Fsp3) is 0.933. The van der Waals surface area contributed by atoms with Crippen LogP contribution in [0.5, 0.6) is 0 Å². The zero-order chi connectivity index (χ0) is 13.1. The summed E-state index contributed by atoms with van der Waals surface area (Å²) < 4.78 is 0. The Morgan fingerprint density at radius 2 is 1.89 bits per heavy atom. The smallest absolute Gasteiger partial charge is 0.320 e. The van der Waals surface area contributed by atoms with Crippen LogP contribution in [0.3, 0.4) is 0 Å². The molecule has 1 N–H and O–H groups in total. The number of hydrogen-bond acceptors (Lipinski definition) is 2. The second-order valence-electron chi connectivity index (χ2n) is 6.30. The lowest BCUT2D eigenvalue weighted by atomic mass is 9.82. The molecule has 2 fully saturated rings. The monoisotopic (exact) mass is 253 g/mol. The van der Waals surface area contributed by atoms with Gasteiger partial charge in [0.25, 0.3) is 0 Å².